The summed E-state index contributed by atoms with van der Waals surface area (Å²) in [5.74, 6) is -0.694. The van der Waals surface area contributed by atoms with Gasteiger partial charge < -0.3 is 15.2 Å². The fraction of sp³-hybridized carbons (Fsp3) is 0.222. The average molecular weight is 691 g/mol. The Labute approximate surface area is 192 Å². The zero-order chi connectivity index (χ0) is 19.3. The third-order valence-corrected chi connectivity index (χ3v) is 6.11. The molecule has 0 radical (unpaired) electrons. The number of anilines is 1. The Morgan fingerprint density at radius 1 is 1.15 bits per heavy atom. The summed E-state index contributed by atoms with van der Waals surface area (Å²) >= 11 is 6.35. The van der Waals surface area contributed by atoms with Crippen molar-refractivity contribution in [1.82, 2.24) is 0 Å². The lowest BCUT2D eigenvalue weighted by molar-refractivity contribution is -0.145. The maximum Gasteiger partial charge on any atom is 0.349 e. The number of amides is 1. The van der Waals surface area contributed by atoms with Gasteiger partial charge in [0.25, 0.3) is 0 Å². The molecule has 0 aliphatic rings. The molecule has 138 valence electrons. The molecule has 0 spiro atoms. The van der Waals surface area contributed by atoms with Crippen LogP contribution in [0, 0.1) is 10.7 Å². The molecule has 0 saturated heterocycles. The summed E-state index contributed by atoms with van der Waals surface area (Å²) in [6.07, 6.45) is 0.0512. The standard InChI is InChI=1S/C18H16I3NO4/c1-2-6-13(23)22-15-11(19)9-12(20)17(14(15)21)26-16(18(24)25)10-7-4-3-5-8-10/h3-5,7-9,16H,2,6H2,1H3,(H,22,23)(H,24,25). The van der Waals surface area contributed by atoms with Crippen molar-refractivity contribution in [2.45, 2.75) is 25.9 Å². The molecule has 2 N–H and O–H groups in total. The number of carbonyl (C=O) groups excluding carboxylic acids is 1. The third kappa shape index (κ3) is 5.44. The molecule has 0 aromatic heterocycles. The summed E-state index contributed by atoms with van der Waals surface area (Å²) in [6.45, 7) is 1.94. The van der Waals surface area contributed by atoms with Gasteiger partial charge in [-0.2, -0.15) is 0 Å². The van der Waals surface area contributed by atoms with E-state index in [-0.39, 0.29) is 5.91 Å². The second kappa shape index (κ2) is 10.1. The van der Waals surface area contributed by atoms with Gasteiger partial charge in [0.1, 0.15) is 5.75 Å². The Morgan fingerprint density at radius 3 is 2.38 bits per heavy atom. The van der Waals surface area contributed by atoms with Gasteiger partial charge in [-0.15, -0.1) is 0 Å². The molecule has 1 amide bonds. The Bertz CT molecular complexity index is 812. The number of carboxylic acid groups (broad SMARTS) is 1. The van der Waals surface area contributed by atoms with Crippen molar-refractivity contribution in [2.75, 3.05) is 5.32 Å². The molecular weight excluding hydrogens is 675 g/mol. The average Bonchev–Trinajstić information content (AvgIpc) is 2.59. The number of carboxylic acids is 1. The highest BCUT2D eigenvalue weighted by Crippen LogP contribution is 2.39. The van der Waals surface area contributed by atoms with Gasteiger partial charge in [-0.25, -0.2) is 4.79 Å². The second-order valence-electron chi connectivity index (χ2n) is 5.40. The fourth-order valence-corrected chi connectivity index (χ4v) is 6.13. The highest BCUT2D eigenvalue weighted by atomic mass is 127. The highest BCUT2D eigenvalue weighted by molar-refractivity contribution is 14.1. The summed E-state index contributed by atoms with van der Waals surface area (Å²) in [6, 6.07) is 10.7. The van der Waals surface area contributed by atoms with Gasteiger partial charge in [0.2, 0.25) is 12.0 Å². The lowest BCUT2D eigenvalue weighted by Crippen LogP contribution is -2.20. The first-order chi connectivity index (χ1) is 12.3. The number of aliphatic carboxylic acids is 1. The van der Waals surface area contributed by atoms with Gasteiger partial charge in [-0.3, -0.25) is 4.79 Å². The minimum absolute atomic E-state index is 0.0756. The number of benzene rings is 2. The topological polar surface area (TPSA) is 75.6 Å². The zero-order valence-electron chi connectivity index (χ0n) is 13.8. The van der Waals surface area contributed by atoms with Gasteiger partial charge in [0.15, 0.2) is 0 Å². The van der Waals surface area contributed by atoms with E-state index >= 15 is 0 Å². The van der Waals surface area contributed by atoms with Crippen molar-refractivity contribution in [3.63, 3.8) is 0 Å². The van der Waals surface area contributed by atoms with Crippen molar-refractivity contribution in [1.29, 1.82) is 0 Å². The van der Waals surface area contributed by atoms with Crippen LogP contribution in [0.5, 0.6) is 5.75 Å². The number of ether oxygens (including phenoxy) is 1. The minimum atomic E-state index is -1.13. The summed E-state index contributed by atoms with van der Waals surface area (Å²) in [5.41, 5.74) is 1.21. The lowest BCUT2D eigenvalue weighted by Gasteiger charge is -2.20. The predicted octanol–water partition coefficient (Wildman–Crippen LogP) is 5.44. The van der Waals surface area contributed by atoms with Crippen LogP contribution in [0.3, 0.4) is 0 Å². The van der Waals surface area contributed by atoms with Gasteiger partial charge >= 0.3 is 5.97 Å². The van der Waals surface area contributed by atoms with E-state index in [9.17, 15) is 14.7 Å². The van der Waals surface area contributed by atoms with Gasteiger partial charge in [-0.05, 0) is 80.3 Å². The molecule has 0 aliphatic carbocycles. The SMILES string of the molecule is CCCC(=O)Nc1c(I)cc(I)c(OC(C(=O)O)c2ccccc2)c1I. The largest absolute Gasteiger partial charge is 0.478 e. The first kappa shape index (κ1) is 21.7. The van der Waals surface area contributed by atoms with Gasteiger partial charge in [0.05, 0.1) is 12.8 Å². The van der Waals surface area contributed by atoms with Crippen LogP contribution in [0.1, 0.15) is 31.4 Å². The molecule has 26 heavy (non-hydrogen) atoms. The molecule has 1 unspecified atom stereocenters. The molecule has 0 heterocycles. The molecule has 0 saturated carbocycles. The molecule has 2 rings (SSSR count). The summed E-state index contributed by atoms with van der Waals surface area (Å²) < 4.78 is 8.24. The van der Waals surface area contributed by atoms with Crippen LogP contribution >= 0.6 is 67.8 Å². The first-order valence-corrected chi connectivity index (χ1v) is 11.0. The van der Waals surface area contributed by atoms with Crippen molar-refractivity contribution in [2.24, 2.45) is 0 Å². The second-order valence-corrected chi connectivity index (χ2v) is 8.81. The third-order valence-electron chi connectivity index (χ3n) is 3.43. The highest BCUT2D eigenvalue weighted by Gasteiger charge is 2.26. The molecular formula is C18H16I3NO4. The van der Waals surface area contributed by atoms with E-state index in [1.165, 1.54) is 0 Å². The Balaban J connectivity index is 2.42. The van der Waals surface area contributed by atoms with Crippen LogP contribution in [-0.4, -0.2) is 17.0 Å². The van der Waals surface area contributed by atoms with Crippen molar-refractivity contribution in [3.8, 4) is 5.75 Å². The Kier molecular flexibility index (Phi) is 8.39. The number of hydrogen-bond donors (Lipinski definition) is 2. The smallest absolute Gasteiger partial charge is 0.349 e. The van der Waals surface area contributed by atoms with E-state index in [2.05, 4.69) is 73.1 Å². The van der Waals surface area contributed by atoms with E-state index in [0.717, 1.165) is 13.6 Å². The number of halogens is 3. The molecule has 2 aromatic rings. The monoisotopic (exact) mass is 691 g/mol. The number of carbonyl (C=O) groups is 2. The van der Waals surface area contributed by atoms with Crippen molar-refractivity contribution < 1.29 is 19.4 Å². The number of hydrogen-bond acceptors (Lipinski definition) is 3. The maximum absolute atomic E-state index is 12.0. The van der Waals surface area contributed by atoms with E-state index in [1.807, 2.05) is 19.1 Å². The lowest BCUT2D eigenvalue weighted by atomic mass is 10.1. The molecule has 0 fully saturated rings. The molecule has 1 atom stereocenters. The number of nitrogens with one attached hydrogen (secondary N) is 1. The molecule has 0 aliphatic heterocycles. The van der Waals surface area contributed by atoms with Crippen LogP contribution < -0.4 is 10.1 Å². The summed E-state index contributed by atoms with van der Waals surface area (Å²) in [4.78, 5) is 23.8. The minimum Gasteiger partial charge on any atom is -0.478 e. The Hall–Kier alpha value is -0.630. The van der Waals surface area contributed by atoms with Crippen LogP contribution in [0.2, 0.25) is 0 Å². The van der Waals surface area contributed by atoms with E-state index in [4.69, 9.17) is 4.74 Å². The van der Waals surface area contributed by atoms with Gasteiger partial charge in [-0.1, -0.05) is 37.3 Å². The normalized spacial score (nSPS) is 11.7. The van der Waals surface area contributed by atoms with E-state index < -0.39 is 12.1 Å². The quantitative estimate of drug-likeness (QED) is 0.380. The molecule has 2 aromatic carbocycles. The van der Waals surface area contributed by atoms with Crippen molar-refractivity contribution >= 4 is 85.3 Å². The first-order valence-electron chi connectivity index (χ1n) is 7.76. The van der Waals surface area contributed by atoms with Crippen molar-refractivity contribution in [3.05, 3.63) is 52.7 Å². The maximum atomic E-state index is 12.0. The molecule has 0 bridgehead atoms. The van der Waals surface area contributed by atoms with E-state index in [0.29, 0.717) is 27.0 Å². The van der Waals surface area contributed by atoms with Crippen LogP contribution in [0.4, 0.5) is 5.69 Å². The van der Waals surface area contributed by atoms with Crippen LogP contribution in [0.25, 0.3) is 0 Å². The summed E-state index contributed by atoms with van der Waals surface area (Å²) in [5, 5.41) is 12.5. The van der Waals surface area contributed by atoms with E-state index in [1.54, 1.807) is 24.3 Å². The predicted molar refractivity (Wildman–Crippen MR) is 126 cm³/mol. The Morgan fingerprint density at radius 2 is 1.81 bits per heavy atom. The zero-order valence-corrected chi connectivity index (χ0v) is 20.2. The number of rotatable bonds is 7. The summed E-state index contributed by atoms with van der Waals surface area (Å²) in [7, 11) is 0. The van der Waals surface area contributed by atoms with Crippen LogP contribution in [-0.2, 0) is 9.59 Å². The fourth-order valence-electron chi connectivity index (χ4n) is 2.23. The van der Waals surface area contributed by atoms with Gasteiger partial charge in [0, 0.05) is 15.6 Å². The van der Waals surface area contributed by atoms with Crippen LogP contribution in [0.15, 0.2) is 36.4 Å². The molecule has 5 nitrogen and oxygen atoms in total. The molecule has 8 heteroatoms.